The fraction of sp³-hybridized carbons (Fsp3) is 0.414. The first-order chi connectivity index (χ1) is 18.3. The van der Waals surface area contributed by atoms with E-state index in [1.54, 1.807) is 0 Å². The lowest BCUT2D eigenvalue weighted by molar-refractivity contribution is -0.134. The summed E-state index contributed by atoms with van der Waals surface area (Å²) in [5.41, 5.74) is 3.20. The molecule has 2 heterocycles. The van der Waals surface area contributed by atoms with E-state index < -0.39 is 11.9 Å². The molecule has 1 atom stereocenters. The van der Waals surface area contributed by atoms with Crippen molar-refractivity contribution in [3.63, 3.8) is 0 Å². The molecule has 0 spiro atoms. The van der Waals surface area contributed by atoms with Gasteiger partial charge >= 0.3 is 11.9 Å². The Labute approximate surface area is 227 Å². The van der Waals surface area contributed by atoms with Crippen LogP contribution in [-0.2, 0) is 9.59 Å². The van der Waals surface area contributed by atoms with Crippen LogP contribution in [0.1, 0.15) is 49.4 Å². The lowest BCUT2D eigenvalue weighted by Gasteiger charge is -2.39. The van der Waals surface area contributed by atoms with E-state index in [1.807, 2.05) is 17.8 Å². The molecule has 8 nitrogen and oxygen atoms in total. The number of benzene rings is 2. The Kier molecular flexibility index (Phi) is 9.47. The lowest BCUT2D eigenvalue weighted by Crippen LogP contribution is -2.40. The highest BCUT2D eigenvalue weighted by atomic mass is 32.2. The highest BCUT2D eigenvalue weighted by Gasteiger charge is 2.29. The Morgan fingerprint density at radius 1 is 0.974 bits per heavy atom. The number of carboxylic acid groups (broad SMARTS) is 2. The third-order valence-electron chi connectivity index (χ3n) is 7.13. The quantitative estimate of drug-likeness (QED) is 0.403. The van der Waals surface area contributed by atoms with Gasteiger partial charge in [-0.25, -0.2) is 9.59 Å². The molecule has 3 aliphatic rings. The van der Waals surface area contributed by atoms with Gasteiger partial charge in [-0.2, -0.15) is 0 Å². The number of carbonyl (C=O) groups excluding carboxylic acids is 1. The molecule has 0 aromatic heterocycles. The van der Waals surface area contributed by atoms with Crippen LogP contribution in [0.3, 0.4) is 0 Å². The Balaban J connectivity index is 0.000000368. The molecular weight excluding hydrogens is 502 g/mol. The van der Waals surface area contributed by atoms with Gasteiger partial charge in [0, 0.05) is 46.6 Å². The van der Waals surface area contributed by atoms with Crippen LogP contribution >= 0.6 is 11.8 Å². The summed E-state index contributed by atoms with van der Waals surface area (Å²) in [4.78, 5) is 39.5. The van der Waals surface area contributed by atoms with Crippen molar-refractivity contribution in [2.24, 2.45) is 5.92 Å². The summed E-state index contributed by atoms with van der Waals surface area (Å²) in [6, 6.07) is 15.2. The minimum Gasteiger partial charge on any atom is -0.478 e. The van der Waals surface area contributed by atoms with Crippen LogP contribution in [0.15, 0.2) is 64.4 Å². The van der Waals surface area contributed by atoms with Crippen molar-refractivity contribution in [1.82, 2.24) is 10.2 Å². The first-order valence-electron chi connectivity index (χ1n) is 13.2. The molecule has 1 saturated heterocycles. The van der Waals surface area contributed by atoms with Crippen LogP contribution in [0.25, 0.3) is 0 Å². The van der Waals surface area contributed by atoms with E-state index in [4.69, 9.17) is 10.2 Å². The summed E-state index contributed by atoms with van der Waals surface area (Å²) in [5, 5.41) is 18.8. The summed E-state index contributed by atoms with van der Waals surface area (Å²) >= 11 is 1.81. The monoisotopic (exact) mass is 537 g/mol. The normalized spacial score (nSPS) is 17.6. The van der Waals surface area contributed by atoms with E-state index in [0.29, 0.717) is 24.1 Å². The molecule has 2 fully saturated rings. The van der Waals surface area contributed by atoms with Crippen molar-refractivity contribution in [2.75, 3.05) is 31.1 Å². The smallest absolute Gasteiger partial charge is 0.328 e. The number of rotatable bonds is 8. The zero-order valence-corrected chi connectivity index (χ0v) is 22.5. The van der Waals surface area contributed by atoms with Gasteiger partial charge in [0.25, 0.3) is 5.91 Å². The van der Waals surface area contributed by atoms with Crippen LogP contribution in [0.2, 0.25) is 0 Å². The first kappa shape index (κ1) is 27.7. The molecule has 3 N–H and O–H groups in total. The second kappa shape index (κ2) is 13.0. The summed E-state index contributed by atoms with van der Waals surface area (Å²) in [6.07, 6.45) is 7.53. The van der Waals surface area contributed by atoms with E-state index in [-0.39, 0.29) is 5.91 Å². The molecule has 38 heavy (non-hydrogen) atoms. The number of nitrogens with one attached hydrogen (secondary N) is 1. The topological polar surface area (TPSA) is 110 Å². The molecule has 202 valence electrons. The maximum absolute atomic E-state index is 12.8. The van der Waals surface area contributed by atoms with Crippen molar-refractivity contribution in [1.29, 1.82) is 0 Å². The van der Waals surface area contributed by atoms with Crippen molar-refractivity contribution < 1.29 is 24.6 Å². The fourth-order valence-corrected chi connectivity index (χ4v) is 6.05. The number of nitrogens with zero attached hydrogens (tertiary/aromatic N) is 2. The Hall–Kier alpha value is -3.30. The van der Waals surface area contributed by atoms with E-state index in [2.05, 4.69) is 58.4 Å². The van der Waals surface area contributed by atoms with Crippen molar-refractivity contribution >= 4 is 41.0 Å². The second-order valence-corrected chi connectivity index (χ2v) is 11.1. The highest BCUT2D eigenvalue weighted by molar-refractivity contribution is 7.99. The molecule has 0 bridgehead atoms. The number of likely N-dealkylation sites (tertiary alicyclic amines) is 1. The highest BCUT2D eigenvalue weighted by Crippen LogP contribution is 2.49. The number of anilines is 2. The number of carbonyl (C=O) groups is 3. The number of hydrogen-bond donors (Lipinski definition) is 3. The Bertz CT molecular complexity index is 1170. The number of aliphatic carboxylic acids is 2. The van der Waals surface area contributed by atoms with Crippen molar-refractivity contribution in [3.8, 4) is 0 Å². The van der Waals surface area contributed by atoms with E-state index in [9.17, 15) is 14.4 Å². The average molecular weight is 538 g/mol. The summed E-state index contributed by atoms with van der Waals surface area (Å²) in [5.74, 6) is -1.79. The fourth-order valence-electron chi connectivity index (χ4n) is 5.00. The summed E-state index contributed by atoms with van der Waals surface area (Å²) in [6.45, 7) is 6.58. The van der Waals surface area contributed by atoms with Crippen molar-refractivity contribution in [3.05, 3.63) is 60.2 Å². The van der Waals surface area contributed by atoms with Crippen molar-refractivity contribution in [2.45, 2.75) is 54.9 Å². The number of hydrogen-bond acceptors (Lipinski definition) is 6. The van der Waals surface area contributed by atoms with E-state index in [1.165, 1.54) is 66.4 Å². The third kappa shape index (κ3) is 7.17. The first-order valence-corrected chi connectivity index (χ1v) is 14.0. The molecule has 0 radical (unpaired) electrons. The molecule has 2 aromatic carbocycles. The maximum atomic E-state index is 12.8. The summed E-state index contributed by atoms with van der Waals surface area (Å²) in [7, 11) is 0. The minimum absolute atomic E-state index is 0.0562. The largest absolute Gasteiger partial charge is 0.478 e. The van der Waals surface area contributed by atoms with Gasteiger partial charge in [0.2, 0.25) is 0 Å². The Morgan fingerprint density at radius 3 is 2.26 bits per heavy atom. The number of fused-ring (bicyclic) bond motifs is 2. The number of carboxylic acids is 2. The predicted octanol–water partition coefficient (Wildman–Crippen LogP) is 5.02. The zero-order valence-electron chi connectivity index (χ0n) is 21.6. The standard InChI is InChI=1S/C25H31N3OS.C4H4O4/c1-18(17-27-13-4-5-14-27)28-21-9-2-3-10-23(21)30-24-12-11-20(15-22(24)28)25(29)26-16-19-7-6-8-19;5-3(6)1-2-4(7)8/h2-3,9-12,15,18-19H,4-8,13-14,16-17H2,1H3,(H,26,29);1-2H,(H,5,6)(H,7,8). The van der Waals surface area contributed by atoms with Gasteiger partial charge in [0.05, 0.1) is 11.4 Å². The number of amides is 1. The van der Waals surface area contributed by atoms with Crippen LogP contribution in [-0.4, -0.2) is 65.2 Å². The molecule has 2 aromatic rings. The Morgan fingerprint density at radius 2 is 1.63 bits per heavy atom. The van der Waals surface area contributed by atoms with Crippen LogP contribution in [0.4, 0.5) is 11.4 Å². The van der Waals surface area contributed by atoms with Gasteiger partial charge in [-0.1, -0.05) is 30.3 Å². The lowest BCUT2D eigenvalue weighted by atomic mass is 9.85. The predicted molar refractivity (Wildman–Crippen MR) is 148 cm³/mol. The van der Waals surface area contributed by atoms with Gasteiger partial charge in [-0.05, 0) is 81.9 Å². The average Bonchev–Trinajstić information content (AvgIpc) is 3.38. The summed E-state index contributed by atoms with van der Waals surface area (Å²) < 4.78 is 0. The van der Waals surface area contributed by atoms with Crippen LogP contribution in [0, 0.1) is 5.92 Å². The van der Waals surface area contributed by atoms with Gasteiger partial charge in [0.1, 0.15) is 0 Å². The van der Waals surface area contributed by atoms with Gasteiger partial charge in [0.15, 0.2) is 0 Å². The minimum atomic E-state index is -1.26. The molecular formula is C29H35N3O5S. The molecule has 1 unspecified atom stereocenters. The molecule has 2 aliphatic heterocycles. The van der Waals surface area contributed by atoms with Crippen LogP contribution < -0.4 is 10.2 Å². The molecule has 5 rings (SSSR count). The van der Waals surface area contributed by atoms with Crippen LogP contribution in [0.5, 0.6) is 0 Å². The van der Waals surface area contributed by atoms with Gasteiger partial charge in [-0.3, -0.25) is 4.79 Å². The molecule has 1 amide bonds. The third-order valence-corrected chi connectivity index (χ3v) is 8.26. The van der Waals surface area contributed by atoms with E-state index in [0.717, 1.165) is 18.7 Å². The molecule has 1 aliphatic carbocycles. The zero-order chi connectivity index (χ0) is 27.1. The SMILES string of the molecule is CC(CN1CCCC1)N1c2ccccc2Sc2ccc(C(=O)NCC3CCC3)cc21.O=C(O)C=CC(=O)O. The molecule has 1 saturated carbocycles. The number of para-hydroxylation sites is 1. The molecule has 9 heteroatoms. The van der Waals surface area contributed by atoms with E-state index >= 15 is 0 Å². The second-order valence-electron chi connectivity index (χ2n) is 10.00. The van der Waals surface area contributed by atoms with Gasteiger partial charge in [-0.15, -0.1) is 0 Å². The maximum Gasteiger partial charge on any atom is 0.328 e. The van der Waals surface area contributed by atoms with Gasteiger partial charge < -0.3 is 25.3 Å².